The number of aromatic nitrogens is 2. The predicted octanol–water partition coefficient (Wildman–Crippen LogP) is 6.87. The van der Waals surface area contributed by atoms with Gasteiger partial charge in [0, 0.05) is 29.6 Å². The highest BCUT2D eigenvalue weighted by atomic mass is 19.4. The third-order valence-corrected chi connectivity index (χ3v) is 8.50. The zero-order chi connectivity index (χ0) is 28.8. The molecule has 216 valence electrons. The fourth-order valence-corrected chi connectivity index (χ4v) is 6.63. The highest BCUT2D eigenvalue weighted by Crippen LogP contribution is 2.54. The van der Waals surface area contributed by atoms with Gasteiger partial charge in [0.05, 0.1) is 31.3 Å². The maximum atomic E-state index is 13.8. The highest BCUT2D eigenvalue weighted by Gasteiger charge is 2.54. The van der Waals surface area contributed by atoms with Gasteiger partial charge in [0.25, 0.3) is 0 Å². The van der Waals surface area contributed by atoms with E-state index < -0.39 is 29.4 Å². The summed E-state index contributed by atoms with van der Waals surface area (Å²) in [5, 5.41) is 0. The van der Waals surface area contributed by atoms with Crippen molar-refractivity contribution in [2.75, 3.05) is 13.7 Å². The molecule has 6 nitrogen and oxygen atoms in total. The van der Waals surface area contributed by atoms with E-state index in [-0.39, 0.29) is 24.5 Å². The summed E-state index contributed by atoms with van der Waals surface area (Å²) >= 11 is 0. The quantitative estimate of drug-likeness (QED) is 0.239. The number of hydrogen-bond donors (Lipinski definition) is 0. The zero-order valence-electron chi connectivity index (χ0n) is 22.5. The predicted molar refractivity (Wildman–Crippen MR) is 142 cm³/mol. The molecule has 2 aromatic carbocycles. The van der Waals surface area contributed by atoms with E-state index in [1.807, 2.05) is 6.08 Å². The number of imidazole rings is 1. The second-order valence-corrected chi connectivity index (χ2v) is 10.9. The highest BCUT2D eigenvalue weighted by molar-refractivity contribution is 5.78. The molecule has 2 aliphatic carbocycles. The summed E-state index contributed by atoms with van der Waals surface area (Å²) in [5.74, 6) is -2.13. The number of benzene rings is 2. The summed E-state index contributed by atoms with van der Waals surface area (Å²) in [6.45, 7) is 0.173. The van der Waals surface area contributed by atoms with E-state index in [0.29, 0.717) is 29.8 Å². The van der Waals surface area contributed by atoms with E-state index >= 15 is 0 Å². The number of carbonyl (C=O) groups is 1. The lowest BCUT2D eigenvalue weighted by atomic mass is 9.79. The minimum atomic E-state index is -4.63. The Morgan fingerprint density at radius 1 is 1.10 bits per heavy atom. The first-order valence-electron chi connectivity index (χ1n) is 13.8. The fraction of sp³-hybridized carbons (Fsp3) is 0.419. The molecule has 0 N–H and O–H groups in total. The number of methoxy groups -OCH3 is 1. The average Bonchev–Trinajstić information content (AvgIpc) is 3.77. The van der Waals surface area contributed by atoms with Gasteiger partial charge in [-0.15, -0.1) is 0 Å². The van der Waals surface area contributed by atoms with Crippen LogP contribution in [0.2, 0.25) is 0 Å². The van der Waals surface area contributed by atoms with Crippen molar-refractivity contribution < 1.29 is 36.6 Å². The van der Waals surface area contributed by atoms with Crippen LogP contribution in [0.25, 0.3) is 11.3 Å². The molecule has 1 spiro atoms. The summed E-state index contributed by atoms with van der Waals surface area (Å²) in [7, 11) is 1.34. The summed E-state index contributed by atoms with van der Waals surface area (Å²) < 4.78 is 73.8. The number of halogens is 4. The number of alkyl halides is 3. The first kappa shape index (κ1) is 27.5. The van der Waals surface area contributed by atoms with Crippen molar-refractivity contribution in [1.82, 2.24) is 9.55 Å². The van der Waals surface area contributed by atoms with Gasteiger partial charge in [-0.3, -0.25) is 9.36 Å². The lowest BCUT2D eigenvalue weighted by Gasteiger charge is -2.31. The Balaban J connectivity index is 1.44. The van der Waals surface area contributed by atoms with Gasteiger partial charge in [-0.2, -0.15) is 13.2 Å². The van der Waals surface area contributed by atoms with E-state index in [4.69, 9.17) is 14.2 Å². The zero-order valence-corrected chi connectivity index (χ0v) is 22.5. The summed E-state index contributed by atoms with van der Waals surface area (Å²) in [6.07, 6.45) is 4.75. The Labute approximate surface area is 234 Å². The van der Waals surface area contributed by atoms with Crippen LogP contribution in [0.15, 0.2) is 60.9 Å². The Hall–Kier alpha value is -3.66. The molecular weight excluding hydrogens is 540 g/mol. The number of ether oxygens (including phenoxy) is 3. The van der Waals surface area contributed by atoms with Crippen molar-refractivity contribution in [3.05, 3.63) is 83.7 Å². The Morgan fingerprint density at radius 3 is 2.56 bits per heavy atom. The Bertz CT molecular complexity index is 1460. The minimum Gasteiger partial charge on any atom is -0.490 e. The van der Waals surface area contributed by atoms with Gasteiger partial charge in [0.2, 0.25) is 5.82 Å². The lowest BCUT2D eigenvalue weighted by molar-refractivity contribution is -0.147. The van der Waals surface area contributed by atoms with Gasteiger partial charge in [0.1, 0.15) is 11.6 Å². The maximum Gasteiger partial charge on any atom is 0.450 e. The van der Waals surface area contributed by atoms with E-state index in [9.17, 15) is 22.4 Å². The van der Waals surface area contributed by atoms with Crippen LogP contribution in [0.1, 0.15) is 61.4 Å². The van der Waals surface area contributed by atoms with Crippen molar-refractivity contribution >= 4 is 11.5 Å². The second-order valence-electron chi connectivity index (χ2n) is 10.9. The van der Waals surface area contributed by atoms with E-state index in [1.54, 1.807) is 30.3 Å². The normalized spacial score (nSPS) is 24.7. The standard InChI is InChI=1S/C31H30F4N2O4/c1-39-28(38)24-12-13-30(27(24)19-6-8-21(32)9-7-19)17-20(18-40-30)25-16-22(37-15-14-36-29(37)31(33,34)35)10-11-26(25)41-23-4-2-3-5-23/h6-11,14-17,23-24,27H,2-5,12-13,18H2,1H3/t24-,27+,30+/m0/s1. The molecule has 1 aromatic heterocycles. The first-order chi connectivity index (χ1) is 19.7. The van der Waals surface area contributed by atoms with Crippen LogP contribution in [0.5, 0.6) is 5.75 Å². The molecule has 0 radical (unpaired) electrons. The van der Waals surface area contributed by atoms with Crippen molar-refractivity contribution in [2.45, 2.75) is 62.3 Å². The average molecular weight is 571 g/mol. The largest absolute Gasteiger partial charge is 0.490 e. The van der Waals surface area contributed by atoms with E-state index in [2.05, 4.69) is 4.98 Å². The van der Waals surface area contributed by atoms with Gasteiger partial charge in [-0.1, -0.05) is 12.1 Å². The van der Waals surface area contributed by atoms with Gasteiger partial charge in [-0.25, -0.2) is 9.37 Å². The molecule has 0 amide bonds. The number of carbonyl (C=O) groups excluding carboxylic acids is 1. The van der Waals surface area contributed by atoms with Gasteiger partial charge in [0.15, 0.2) is 0 Å². The molecule has 3 aromatic rings. The van der Waals surface area contributed by atoms with Crippen LogP contribution in [-0.4, -0.2) is 40.9 Å². The van der Waals surface area contributed by atoms with Crippen molar-refractivity contribution in [3.63, 3.8) is 0 Å². The third kappa shape index (κ3) is 5.14. The number of nitrogens with zero attached hydrogens (tertiary/aromatic N) is 2. The molecule has 1 aliphatic heterocycles. The number of hydrogen-bond acceptors (Lipinski definition) is 5. The van der Waals surface area contributed by atoms with Crippen molar-refractivity contribution in [3.8, 4) is 11.4 Å². The fourth-order valence-electron chi connectivity index (χ4n) is 6.63. The molecule has 6 rings (SSSR count). The maximum absolute atomic E-state index is 13.8. The summed E-state index contributed by atoms with van der Waals surface area (Å²) in [6, 6.07) is 11.0. The smallest absolute Gasteiger partial charge is 0.450 e. The molecule has 0 bridgehead atoms. The molecule has 2 fully saturated rings. The Morgan fingerprint density at radius 2 is 1.85 bits per heavy atom. The van der Waals surface area contributed by atoms with Crippen LogP contribution >= 0.6 is 0 Å². The second kappa shape index (κ2) is 10.6. The first-order valence-corrected chi connectivity index (χ1v) is 13.8. The van der Waals surface area contributed by atoms with Gasteiger partial charge in [-0.05, 0) is 86.1 Å². The van der Waals surface area contributed by atoms with Crippen molar-refractivity contribution in [1.29, 1.82) is 0 Å². The van der Waals surface area contributed by atoms with E-state index in [1.165, 1.54) is 25.4 Å². The van der Waals surface area contributed by atoms with E-state index in [0.717, 1.165) is 47.6 Å². The third-order valence-electron chi connectivity index (χ3n) is 8.50. The topological polar surface area (TPSA) is 62.6 Å². The molecule has 2 heterocycles. The molecular formula is C31H30F4N2O4. The van der Waals surface area contributed by atoms with Crippen LogP contribution in [0.3, 0.4) is 0 Å². The molecule has 10 heteroatoms. The SMILES string of the molecule is COC(=O)[C@H]1CC[C@@]2(C=C(c3cc(-n4ccnc4C(F)(F)F)ccc3OC3CCCC3)CO2)[C@@H]1c1ccc(F)cc1. The number of rotatable bonds is 6. The Kier molecular flexibility index (Phi) is 7.13. The molecule has 41 heavy (non-hydrogen) atoms. The van der Waals surface area contributed by atoms with Crippen LogP contribution < -0.4 is 4.74 Å². The van der Waals surface area contributed by atoms with Crippen LogP contribution in [-0.2, 0) is 20.4 Å². The minimum absolute atomic E-state index is 0.0256. The molecule has 3 aliphatic rings. The molecule has 3 atom stereocenters. The summed E-state index contributed by atoms with van der Waals surface area (Å²) in [5.41, 5.74) is 1.55. The lowest BCUT2D eigenvalue weighted by Crippen LogP contribution is -2.34. The van der Waals surface area contributed by atoms with Crippen molar-refractivity contribution in [2.24, 2.45) is 5.92 Å². The molecule has 0 saturated heterocycles. The van der Waals surface area contributed by atoms with Crippen LogP contribution in [0, 0.1) is 11.7 Å². The summed E-state index contributed by atoms with van der Waals surface area (Å²) in [4.78, 5) is 16.3. The van der Waals surface area contributed by atoms with Gasteiger partial charge < -0.3 is 14.2 Å². The monoisotopic (exact) mass is 570 g/mol. The molecule has 0 unspecified atom stereocenters. The van der Waals surface area contributed by atoms with Crippen LogP contribution in [0.4, 0.5) is 17.6 Å². The number of esters is 1. The van der Waals surface area contributed by atoms with Gasteiger partial charge >= 0.3 is 12.1 Å². The molecule has 2 saturated carbocycles.